The molecule has 3 nitrogen and oxygen atoms in total. The van der Waals surface area contributed by atoms with Gasteiger partial charge in [-0.1, -0.05) is 0 Å². The summed E-state index contributed by atoms with van der Waals surface area (Å²) < 4.78 is 41.6. The van der Waals surface area contributed by atoms with E-state index in [0.29, 0.717) is 19.4 Å². The van der Waals surface area contributed by atoms with Crippen molar-refractivity contribution < 1.29 is 23.0 Å². The molecule has 0 saturated heterocycles. The lowest BCUT2D eigenvalue weighted by molar-refractivity contribution is -0.137. The SMILES string of the molecule is COCCCC(O)c1ccc(C(F)(F)F)cn1. The number of aliphatic hydroxyl groups is 1. The molecular weight excluding hydrogens is 235 g/mol. The zero-order chi connectivity index (χ0) is 12.9. The minimum atomic E-state index is -4.40. The van der Waals surface area contributed by atoms with Crippen molar-refractivity contribution >= 4 is 0 Å². The fourth-order valence-corrected chi connectivity index (χ4v) is 1.34. The largest absolute Gasteiger partial charge is 0.417 e. The van der Waals surface area contributed by atoms with E-state index in [9.17, 15) is 18.3 Å². The monoisotopic (exact) mass is 249 g/mol. The van der Waals surface area contributed by atoms with Crippen molar-refractivity contribution in [2.45, 2.75) is 25.1 Å². The summed E-state index contributed by atoms with van der Waals surface area (Å²) in [4.78, 5) is 3.61. The molecule has 1 rings (SSSR count). The van der Waals surface area contributed by atoms with E-state index in [2.05, 4.69) is 4.98 Å². The molecule has 6 heteroatoms. The third-order valence-corrected chi connectivity index (χ3v) is 2.28. The lowest BCUT2D eigenvalue weighted by atomic mass is 10.1. The molecular formula is C11H14F3NO2. The van der Waals surface area contributed by atoms with E-state index in [-0.39, 0.29) is 5.69 Å². The highest BCUT2D eigenvalue weighted by Crippen LogP contribution is 2.29. The highest BCUT2D eigenvalue weighted by atomic mass is 19.4. The normalized spacial score (nSPS) is 13.7. The Hall–Kier alpha value is -1.14. The van der Waals surface area contributed by atoms with Crippen molar-refractivity contribution in [3.05, 3.63) is 29.6 Å². The molecule has 0 spiro atoms. The van der Waals surface area contributed by atoms with E-state index in [1.807, 2.05) is 0 Å². The Labute approximate surface area is 97.2 Å². The first kappa shape index (κ1) is 13.9. The number of aliphatic hydroxyl groups excluding tert-OH is 1. The number of pyridine rings is 1. The van der Waals surface area contributed by atoms with E-state index in [4.69, 9.17) is 4.74 Å². The first-order valence-electron chi connectivity index (χ1n) is 5.15. The minimum absolute atomic E-state index is 0.245. The minimum Gasteiger partial charge on any atom is -0.387 e. The standard InChI is InChI=1S/C11H14F3NO2/c1-17-6-2-3-10(16)9-5-4-8(7-15-9)11(12,13)14/h4-5,7,10,16H,2-3,6H2,1H3. The van der Waals surface area contributed by atoms with Crippen LogP contribution in [0.5, 0.6) is 0 Å². The third-order valence-electron chi connectivity index (χ3n) is 2.28. The Kier molecular flexibility index (Phi) is 4.89. The van der Waals surface area contributed by atoms with Crippen LogP contribution in [0.25, 0.3) is 0 Å². The van der Waals surface area contributed by atoms with Crippen LogP contribution in [0.2, 0.25) is 0 Å². The van der Waals surface area contributed by atoms with Gasteiger partial charge in [-0.05, 0) is 25.0 Å². The highest BCUT2D eigenvalue weighted by Gasteiger charge is 2.30. The van der Waals surface area contributed by atoms with Crippen molar-refractivity contribution in [3.63, 3.8) is 0 Å². The van der Waals surface area contributed by atoms with Gasteiger partial charge in [0.25, 0.3) is 0 Å². The number of nitrogens with zero attached hydrogens (tertiary/aromatic N) is 1. The Bertz CT molecular complexity index is 338. The number of aromatic nitrogens is 1. The maximum Gasteiger partial charge on any atom is 0.417 e. The summed E-state index contributed by atoms with van der Waals surface area (Å²) in [7, 11) is 1.54. The number of hydrogen-bond donors (Lipinski definition) is 1. The molecule has 96 valence electrons. The second-order valence-corrected chi connectivity index (χ2v) is 3.62. The van der Waals surface area contributed by atoms with Crippen LogP contribution in [0.3, 0.4) is 0 Å². The first-order chi connectivity index (χ1) is 7.95. The summed E-state index contributed by atoms with van der Waals surface area (Å²) in [5, 5.41) is 9.64. The lowest BCUT2D eigenvalue weighted by Crippen LogP contribution is -2.08. The smallest absolute Gasteiger partial charge is 0.387 e. The number of methoxy groups -OCH3 is 1. The average Bonchev–Trinajstić information content (AvgIpc) is 2.28. The van der Waals surface area contributed by atoms with Crippen molar-refractivity contribution in [3.8, 4) is 0 Å². The molecule has 0 amide bonds. The van der Waals surface area contributed by atoms with Crippen LogP contribution in [-0.2, 0) is 10.9 Å². The van der Waals surface area contributed by atoms with Gasteiger partial charge in [-0.3, -0.25) is 4.98 Å². The second-order valence-electron chi connectivity index (χ2n) is 3.62. The lowest BCUT2D eigenvalue weighted by Gasteiger charge is -2.11. The van der Waals surface area contributed by atoms with E-state index >= 15 is 0 Å². The number of hydrogen-bond acceptors (Lipinski definition) is 3. The maximum absolute atomic E-state index is 12.3. The summed E-state index contributed by atoms with van der Waals surface area (Å²) in [5.41, 5.74) is -0.570. The van der Waals surface area contributed by atoms with Gasteiger partial charge in [-0.2, -0.15) is 13.2 Å². The first-order valence-corrected chi connectivity index (χ1v) is 5.15. The number of ether oxygens (including phenoxy) is 1. The molecule has 0 fully saturated rings. The topological polar surface area (TPSA) is 42.4 Å². The van der Waals surface area contributed by atoms with Crippen LogP contribution < -0.4 is 0 Å². The average molecular weight is 249 g/mol. The predicted molar refractivity (Wildman–Crippen MR) is 55.3 cm³/mol. The quantitative estimate of drug-likeness (QED) is 0.815. The van der Waals surface area contributed by atoms with Crippen LogP contribution in [0.1, 0.15) is 30.2 Å². The zero-order valence-electron chi connectivity index (χ0n) is 9.37. The van der Waals surface area contributed by atoms with Crippen LogP contribution in [0.15, 0.2) is 18.3 Å². The second kappa shape index (κ2) is 5.97. The molecule has 1 unspecified atom stereocenters. The Morgan fingerprint density at radius 2 is 2.12 bits per heavy atom. The molecule has 0 aliphatic heterocycles. The third kappa shape index (κ3) is 4.32. The zero-order valence-corrected chi connectivity index (χ0v) is 9.37. The van der Waals surface area contributed by atoms with Gasteiger partial charge in [0, 0.05) is 19.9 Å². The van der Waals surface area contributed by atoms with Gasteiger partial charge >= 0.3 is 6.18 Å². The van der Waals surface area contributed by atoms with Gasteiger partial charge in [0.1, 0.15) is 0 Å². The van der Waals surface area contributed by atoms with Crippen molar-refractivity contribution in [2.24, 2.45) is 0 Å². The highest BCUT2D eigenvalue weighted by molar-refractivity contribution is 5.18. The number of halogens is 3. The molecule has 1 heterocycles. The molecule has 17 heavy (non-hydrogen) atoms. The van der Waals surface area contributed by atoms with Crippen LogP contribution in [0, 0.1) is 0 Å². The van der Waals surface area contributed by atoms with Crippen molar-refractivity contribution in [1.82, 2.24) is 4.98 Å². The molecule has 0 aliphatic rings. The van der Waals surface area contributed by atoms with E-state index < -0.39 is 17.8 Å². The molecule has 1 aromatic rings. The molecule has 1 aromatic heterocycles. The van der Waals surface area contributed by atoms with Gasteiger partial charge in [0.15, 0.2) is 0 Å². The van der Waals surface area contributed by atoms with Gasteiger partial charge in [0.2, 0.25) is 0 Å². The summed E-state index contributed by atoms with van der Waals surface area (Å²) in [5.74, 6) is 0. The summed E-state index contributed by atoms with van der Waals surface area (Å²) in [6.07, 6.45) is -3.49. The maximum atomic E-state index is 12.3. The van der Waals surface area contributed by atoms with Crippen molar-refractivity contribution in [2.75, 3.05) is 13.7 Å². The fourth-order valence-electron chi connectivity index (χ4n) is 1.34. The van der Waals surface area contributed by atoms with Gasteiger partial charge in [0.05, 0.1) is 17.4 Å². The molecule has 0 aromatic carbocycles. The molecule has 1 atom stereocenters. The summed E-state index contributed by atoms with van der Waals surface area (Å²) in [6.45, 7) is 0.498. The Balaban J connectivity index is 2.61. The number of alkyl halides is 3. The molecule has 1 N–H and O–H groups in total. The van der Waals surface area contributed by atoms with E-state index in [1.165, 1.54) is 6.07 Å². The molecule has 0 aliphatic carbocycles. The van der Waals surface area contributed by atoms with E-state index in [1.54, 1.807) is 7.11 Å². The van der Waals surface area contributed by atoms with Crippen LogP contribution in [0.4, 0.5) is 13.2 Å². The van der Waals surface area contributed by atoms with Crippen LogP contribution >= 0.6 is 0 Å². The van der Waals surface area contributed by atoms with Gasteiger partial charge < -0.3 is 9.84 Å². The molecule has 0 radical (unpaired) electrons. The van der Waals surface area contributed by atoms with E-state index in [0.717, 1.165) is 12.3 Å². The predicted octanol–water partition coefficient (Wildman–Crippen LogP) is 2.56. The summed E-state index contributed by atoms with van der Waals surface area (Å²) in [6, 6.07) is 2.11. The van der Waals surface area contributed by atoms with Gasteiger partial charge in [-0.25, -0.2) is 0 Å². The fraction of sp³-hybridized carbons (Fsp3) is 0.545. The Morgan fingerprint density at radius 1 is 1.41 bits per heavy atom. The molecule has 0 bridgehead atoms. The summed E-state index contributed by atoms with van der Waals surface area (Å²) >= 11 is 0. The van der Waals surface area contributed by atoms with Gasteiger partial charge in [-0.15, -0.1) is 0 Å². The van der Waals surface area contributed by atoms with Crippen molar-refractivity contribution in [1.29, 1.82) is 0 Å². The van der Waals surface area contributed by atoms with Crippen LogP contribution in [-0.4, -0.2) is 23.8 Å². The number of rotatable bonds is 5. The Morgan fingerprint density at radius 3 is 2.59 bits per heavy atom. The molecule has 0 saturated carbocycles.